The quantitative estimate of drug-likeness (QED) is 0.516. The second kappa shape index (κ2) is 8.74. The molecule has 0 saturated heterocycles. The predicted molar refractivity (Wildman–Crippen MR) is 123 cm³/mol. The molecule has 0 atom stereocenters. The Hall–Kier alpha value is -3.20. The number of hydrogen-bond donors (Lipinski definition) is 2. The minimum atomic E-state index is -4.04. The predicted octanol–water partition coefficient (Wildman–Crippen LogP) is 4.51. The highest BCUT2D eigenvalue weighted by Gasteiger charge is 2.25. The van der Waals surface area contributed by atoms with Crippen LogP contribution in [0.25, 0.3) is 0 Å². The van der Waals surface area contributed by atoms with Gasteiger partial charge < -0.3 is 0 Å². The Morgan fingerprint density at radius 2 is 1.69 bits per heavy atom. The third-order valence-corrected chi connectivity index (χ3v) is 6.67. The van der Waals surface area contributed by atoms with E-state index in [0.717, 1.165) is 0 Å². The summed E-state index contributed by atoms with van der Waals surface area (Å²) in [5, 5.41) is 4.56. The van der Waals surface area contributed by atoms with E-state index in [-0.39, 0.29) is 33.4 Å². The molecule has 0 saturated carbocycles. The maximum Gasteiger partial charge on any atom is 0.271 e. The van der Waals surface area contributed by atoms with Gasteiger partial charge in [0.1, 0.15) is 0 Å². The zero-order chi connectivity index (χ0) is 22.9. The average Bonchev–Trinajstić information content (AvgIpc) is 3.10. The fourth-order valence-corrected chi connectivity index (χ4v) is 4.70. The molecule has 0 heterocycles. The van der Waals surface area contributed by atoms with Gasteiger partial charge in [-0.25, -0.2) is 13.8 Å². The molecule has 1 aliphatic carbocycles. The van der Waals surface area contributed by atoms with Crippen LogP contribution in [0.15, 0.2) is 76.7 Å². The number of sulfonamides is 1. The van der Waals surface area contributed by atoms with E-state index in [1.165, 1.54) is 42.5 Å². The number of benzene rings is 3. The lowest BCUT2D eigenvalue weighted by Crippen LogP contribution is -2.20. The molecule has 1 amide bonds. The Morgan fingerprint density at radius 1 is 0.938 bits per heavy atom. The van der Waals surface area contributed by atoms with Crippen molar-refractivity contribution in [1.29, 1.82) is 0 Å². The lowest BCUT2D eigenvalue weighted by Gasteiger charge is -2.11. The van der Waals surface area contributed by atoms with Crippen molar-refractivity contribution < 1.29 is 18.0 Å². The number of anilines is 1. The smallest absolute Gasteiger partial charge is 0.271 e. The number of carbonyl (C=O) groups excluding carboxylic acids is 2. The molecule has 2 N–H and O–H groups in total. The number of fused-ring (bicyclic) bond motifs is 1. The van der Waals surface area contributed by atoms with Gasteiger partial charge in [-0.3, -0.25) is 14.3 Å². The molecule has 10 heteroatoms. The van der Waals surface area contributed by atoms with Crippen LogP contribution in [0, 0.1) is 0 Å². The van der Waals surface area contributed by atoms with Crippen molar-refractivity contribution in [3.8, 4) is 0 Å². The molecule has 0 fully saturated rings. The molecule has 162 valence electrons. The maximum absolute atomic E-state index is 12.8. The van der Waals surface area contributed by atoms with E-state index in [4.69, 9.17) is 23.2 Å². The lowest BCUT2D eigenvalue weighted by atomic mass is 10.1. The van der Waals surface area contributed by atoms with Crippen molar-refractivity contribution in [3.05, 3.63) is 93.5 Å². The number of nitrogens with one attached hydrogen (secondary N) is 2. The molecule has 0 unspecified atom stereocenters. The molecule has 0 spiro atoms. The zero-order valence-corrected chi connectivity index (χ0v) is 18.6. The van der Waals surface area contributed by atoms with Crippen LogP contribution in [0.5, 0.6) is 0 Å². The SMILES string of the molecule is O=C(NN=C1CC(=O)c2ccccc21)c1cccc(S(=O)(=O)Nc2cc(Cl)ccc2Cl)c1. The summed E-state index contributed by atoms with van der Waals surface area (Å²) in [4.78, 5) is 24.5. The Morgan fingerprint density at radius 3 is 2.47 bits per heavy atom. The number of hydrazone groups is 1. The maximum atomic E-state index is 12.8. The second-order valence-electron chi connectivity index (χ2n) is 6.90. The van der Waals surface area contributed by atoms with Gasteiger partial charge in [-0.1, -0.05) is 53.5 Å². The fourth-order valence-electron chi connectivity index (χ4n) is 3.19. The number of amides is 1. The first-order chi connectivity index (χ1) is 15.2. The molecule has 4 rings (SSSR count). The standard InChI is InChI=1S/C22H15Cl2N3O4S/c23-14-8-9-18(24)20(11-14)27-32(30,31)15-5-3-4-13(10-15)22(29)26-25-19-12-21(28)17-7-2-1-6-16(17)19/h1-11,27H,12H2,(H,26,29). The van der Waals surface area contributed by atoms with E-state index in [9.17, 15) is 18.0 Å². The Bertz CT molecular complexity index is 1390. The third-order valence-electron chi connectivity index (χ3n) is 4.74. The summed E-state index contributed by atoms with van der Waals surface area (Å²) in [6.07, 6.45) is 0.0817. The van der Waals surface area contributed by atoms with Gasteiger partial charge >= 0.3 is 0 Å². The first-order valence-corrected chi connectivity index (χ1v) is 11.6. The highest BCUT2D eigenvalue weighted by Crippen LogP contribution is 2.28. The van der Waals surface area contributed by atoms with Crippen LogP contribution in [-0.2, 0) is 10.0 Å². The number of ketones is 1. The molecule has 1 aliphatic rings. The molecular weight excluding hydrogens is 473 g/mol. The third kappa shape index (κ3) is 4.52. The van der Waals surface area contributed by atoms with Crippen molar-refractivity contribution in [1.82, 2.24) is 5.43 Å². The Balaban J connectivity index is 1.55. The summed E-state index contributed by atoms with van der Waals surface area (Å²) in [5.41, 5.74) is 4.24. The highest BCUT2D eigenvalue weighted by atomic mass is 35.5. The number of Topliss-reactive ketones (excluding diaryl/α,β-unsaturated/α-hetero) is 1. The van der Waals surface area contributed by atoms with Gasteiger partial charge in [-0.05, 0) is 36.4 Å². The van der Waals surface area contributed by atoms with Gasteiger partial charge in [-0.2, -0.15) is 5.10 Å². The fraction of sp³-hybridized carbons (Fsp3) is 0.0455. The first kappa shape index (κ1) is 22.0. The summed E-state index contributed by atoms with van der Waals surface area (Å²) in [5.74, 6) is -0.695. The highest BCUT2D eigenvalue weighted by molar-refractivity contribution is 7.92. The van der Waals surface area contributed by atoms with Crippen LogP contribution in [0.2, 0.25) is 10.0 Å². The van der Waals surface area contributed by atoms with Crippen molar-refractivity contribution in [2.24, 2.45) is 5.10 Å². The van der Waals surface area contributed by atoms with E-state index < -0.39 is 15.9 Å². The monoisotopic (exact) mass is 487 g/mol. The molecular formula is C22H15Cl2N3O4S. The van der Waals surface area contributed by atoms with Crippen LogP contribution in [0.4, 0.5) is 5.69 Å². The topological polar surface area (TPSA) is 105 Å². The molecule has 0 bridgehead atoms. The molecule has 0 aromatic heterocycles. The van der Waals surface area contributed by atoms with Crippen molar-refractivity contribution in [2.75, 3.05) is 4.72 Å². The molecule has 7 nitrogen and oxygen atoms in total. The van der Waals surface area contributed by atoms with Crippen molar-refractivity contribution >= 4 is 56.3 Å². The number of carbonyl (C=O) groups is 2. The zero-order valence-electron chi connectivity index (χ0n) is 16.3. The normalized spacial score (nSPS) is 14.3. The molecule has 0 aliphatic heterocycles. The minimum Gasteiger partial charge on any atom is -0.294 e. The summed E-state index contributed by atoms with van der Waals surface area (Å²) in [6.45, 7) is 0. The van der Waals surface area contributed by atoms with Gasteiger partial charge in [0, 0.05) is 21.7 Å². The van der Waals surface area contributed by atoms with Gasteiger partial charge in [-0.15, -0.1) is 0 Å². The van der Waals surface area contributed by atoms with Crippen molar-refractivity contribution in [2.45, 2.75) is 11.3 Å². The summed E-state index contributed by atoms with van der Waals surface area (Å²) in [7, 11) is -4.04. The number of hydrogen-bond acceptors (Lipinski definition) is 5. The van der Waals surface area contributed by atoms with Crippen molar-refractivity contribution in [3.63, 3.8) is 0 Å². The molecule has 32 heavy (non-hydrogen) atoms. The van der Waals surface area contributed by atoms with Gasteiger partial charge in [0.05, 0.1) is 27.7 Å². The van der Waals surface area contributed by atoms with Crippen LogP contribution in [0.3, 0.4) is 0 Å². The van der Waals surface area contributed by atoms with E-state index in [0.29, 0.717) is 21.9 Å². The summed E-state index contributed by atoms with van der Waals surface area (Å²) in [6, 6.07) is 16.8. The van der Waals surface area contributed by atoms with E-state index >= 15 is 0 Å². The molecule has 3 aromatic rings. The van der Waals surface area contributed by atoms with Crippen LogP contribution in [-0.4, -0.2) is 25.8 Å². The number of nitrogens with zero attached hydrogens (tertiary/aromatic N) is 1. The summed E-state index contributed by atoms with van der Waals surface area (Å²) >= 11 is 11.9. The molecule has 3 aromatic carbocycles. The van der Waals surface area contributed by atoms with Gasteiger partial charge in [0.2, 0.25) is 0 Å². The van der Waals surface area contributed by atoms with E-state index in [2.05, 4.69) is 15.2 Å². The molecule has 0 radical (unpaired) electrons. The van der Waals surface area contributed by atoms with Crippen LogP contribution < -0.4 is 10.1 Å². The lowest BCUT2D eigenvalue weighted by molar-refractivity contribution is 0.0951. The van der Waals surface area contributed by atoms with Gasteiger partial charge in [0.25, 0.3) is 15.9 Å². The minimum absolute atomic E-state index is 0.0759. The van der Waals surface area contributed by atoms with E-state index in [1.807, 2.05) is 0 Å². The number of rotatable bonds is 5. The van der Waals surface area contributed by atoms with Crippen LogP contribution >= 0.6 is 23.2 Å². The van der Waals surface area contributed by atoms with E-state index in [1.54, 1.807) is 24.3 Å². The van der Waals surface area contributed by atoms with Gasteiger partial charge in [0.15, 0.2) is 5.78 Å². The summed E-state index contributed by atoms with van der Waals surface area (Å²) < 4.78 is 27.9. The largest absolute Gasteiger partial charge is 0.294 e. The Labute approximate surface area is 194 Å². The van der Waals surface area contributed by atoms with Crippen LogP contribution in [0.1, 0.15) is 32.7 Å². The Kier molecular flexibility index (Phi) is 6.01. The first-order valence-electron chi connectivity index (χ1n) is 9.32. The second-order valence-corrected chi connectivity index (χ2v) is 9.43. The number of halogens is 2. The average molecular weight is 488 g/mol.